The Morgan fingerprint density at radius 3 is 2.21 bits per heavy atom. The minimum Gasteiger partial charge on any atom is -0.480 e. The molecule has 0 unspecified atom stereocenters. The predicted octanol–water partition coefficient (Wildman–Crippen LogP) is -0.691. The van der Waals surface area contributed by atoms with Crippen molar-refractivity contribution < 1.29 is 19.5 Å². The van der Waals surface area contributed by atoms with Gasteiger partial charge in [-0.3, -0.25) is 9.59 Å². The molecule has 3 N–H and O–H groups in total. The zero-order valence-electron chi connectivity index (χ0n) is 15.0. The largest absolute Gasteiger partial charge is 0.480 e. The van der Waals surface area contributed by atoms with Gasteiger partial charge in [0.05, 0.1) is 5.75 Å². The summed E-state index contributed by atoms with van der Waals surface area (Å²) < 4.78 is 0. The Labute approximate surface area is 148 Å². The second-order valence-corrected chi connectivity index (χ2v) is 7.11. The first-order chi connectivity index (χ1) is 11.2. The van der Waals surface area contributed by atoms with Gasteiger partial charge in [0.25, 0.3) is 0 Å². The molecule has 0 saturated heterocycles. The molecule has 0 aliphatic heterocycles. The van der Waals surface area contributed by atoms with E-state index in [0.29, 0.717) is 25.3 Å². The fourth-order valence-electron chi connectivity index (χ4n) is 1.69. The quantitative estimate of drug-likeness (QED) is 0.294. The molecular weight excluding hydrogens is 333 g/mol. The summed E-state index contributed by atoms with van der Waals surface area (Å²) in [7, 11) is 7.56. The van der Waals surface area contributed by atoms with E-state index in [4.69, 9.17) is 5.11 Å². The number of carbonyl (C=O) groups is 3. The minimum absolute atomic E-state index is 0.0660. The van der Waals surface area contributed by atoms with Crippen LogP contribution in [-0.4, -0.2) is 98.1 Å². The number of carboxylic acid groups (broad SMARTS) is 1. The van der Waals surface area contributed by atoms with Crippen LogP contribution in [0.2, 0.25) is 0 Å². The number of rotatable bonds is 13. The third kappa shape index (κ3) is 13.1. The first-order valence-corrected chi connectivity index (χ1v) is 9.04. The van der Waals surface area contributed by atoms with Gasteiger partial charge in [0.2, 0.25) is 11.8 Å². The van der Waals surface area contributed by atoms with Crippen LogP contribution in [0.4, 0.5) is 0 Å². The van der Waals surface area contributed by atoms with E-state index in [0.717, 1.165) is 6.54 Å². The van der Waals surface area contributed by atoms with E-state index in [2.05, 4.69) is 10.6 Å². The van der Waals surface area contributed by atoms with E-state index in [1.54, 1.807) is 0 Å². The van der Waals surface area contributed by atoms with E-state index in [1.807, 2.05) is 38.0 Å². The van der Waals surface area contributed by atoms with Crippen molar-refractivity contribution in [1.82, 2.24) is 20.4 Å². The van der Waals surface area contributed by atoms with E-state index >= 15 is 0 Å². The molecule has 0 aromatic rings. The van der Waals surface area contributed by atoms with Gasteiger partial charge in [-0.05, 0) is 40.4 Å². The fraction of sp³-hybridized carbons (Fsp3) is 0.800. The molecule has 0 aromatic heterocycles. The predicted molar refractivity (Wildman–Crippen MR) is 96.2 cm³/mol. The first-order valence-electron chi connectivity index (χ1n) is 7.88. The van der Waals surface area contributed by atoms with Crippen molar-refractivity contribution in [2.75, 3.05) is 59.3 Å². The molecule has 0 aliphatic rings. The highest BCUT2D eigenvalue weighted by Crippen LogP contribution is 2.05. The Morgan fingerprint density at radius 1 is 1.04 bits per heavy atom. The van der Waals surface area contributed by atoms with Crippen LogP contribution in [0.3, 0.4) is 0 Å². The van der Waals surface area contributed by atoms with Crippen LogP contribution < -0.4 is 10.6 Å². The summed E-state index contributed by atoms with van der Waals surface area (Å²) in [4.78, 5) is 38.3. The van der Waals surface area contributed by atoms with Crippen molar-refractivity contribution in [3.05, 3.63) is 0 Å². The van der Waals surface area contributed by atoms with Crippen molar-refractivity contribution in [1.29, 1.82) is 0 Å². The second-order valence-electron chi connectivity index (χ2n) is 6.01. The number of hydrogen-bond acceptors (Lipinski definition) is 6. The van der Waals surface area contributed by atoms with E-state index in [1.165, 1.54) is 11.8 Å². The third-order valence-electron chi connectivity index (χ3n) is 3.08. The molecule has 0 aromatic carbocycles. The van der Waals surface area contributed by atoms with Gasteiger partial charge in [0, 0.05) is 26.1 Å². The summed E-state index contributed by atoms with van der Waals surface area (Å²) in [6, 6.07) is -0.913. The van der Waals surface area contributed by atoms with Crippen molar-refractivity contribution in [2.24, 2.45) is 0 Å². The average Bonchev–Trinajstić information content (AvgIpc) is 2.47. The average molecular weight is 363 g/mol. The first kappa shape index (κ1) is 22.7. The number of hydrogen-bond donors (Lipinski definition) is 3. The van der Waals surface area contributed by atoms with Crippen LogP contribution in [0.5, 0.6) is 0 Å². The molecule has 8 nitrogen and oxygen atoms in total. The lowest BCUT2D eigenvalue weighted by Gasteiger charge is -2.15. The maximum atomic E-state index is 11.7. The van der Waals surface area contributed by atoms with E-state index in [-0.39, 0.29) is 24.0 Å². The van der Waals surface area contributed by atoms with E-state index < -0.39 is 12.0 Å². The highest BCUT2D eigenvalue weighted by molar-refractivity contribution is 7.99. The summed E-state index contributed by atoms with van der Waals surface area (Å²) in [6.45, 7) is 1.93. The van der Waals surface area contributed by atoms with Crippen molar-refractivity contribution in [3.8, 4) is 0 Å². The highest BCUT2D eigenvalue weighted by atomic mass is 32.2. The smallest absolute Gasteiger partial charge is 0.326 e. The lowest BCUT2D eigenvalue weighted by molar-refractivity contribution is -0.141. The maximum absolute atomic E-state index is 11.7. The van der Waals surface area contributed by atoms with Gasteiger partial charge in [0.1, 0.15) is 6.04 Å². The monoisotopic (exact) mass is 363 g/mol. The molecule has 0 spiro atoms. The molecule has 0 radical (unpaired) electrons. The lowest BCUT2D eigenvalue weighted by atomic mass is 10.2. The van der Waals surface area contributed by atoms with Gasteiger partial charge in [-0.25, -0.2) is 4.79 Å². The normalized spacial score (nSPS) is 12.2. The molecule has 2 amide bonds. The van der Waals surface area contributed by atoms with Crippen molar-refractivity contribution >= 4 is 29.5 Å². The van der Waals surface area contributed by atoms with Crippen LogP contribution in [0.15, 0.2) is 0 Å². The van der Waals surface area contributed by atoms with Gasteiger partial charge >= 0.3 is 5.97 Å². The van der Waals surface area contributed by atoms with Crippen LogP contribution in [-0.2, 0) is 14.4 Å². The molecule has 0 saturated carbocycles. The molecule has 0 aliphatic carbocycles. The zero-order chi connectivity index (χ0) is 18.5. The maximum Gasteiger partial charge on any atom is 0.326 e. The summed E-state index contributed by atoms with van der Waals surface area (Å²) in [5, 5.41) is 14.5. The zero-order valence-corrected chi connectivity index (χ0v) is 15.8. The number of aliphatic carboxylic acids is 1. The van der Waals surface area contributed by atoms with Gasteiger partial charge in [-0.2, -0.15) is 11.8 Å². The van der Waals surface area contributed by atoms with Crippen molar-refractivity contribution in [3.63, 3.8) is 0 Å². The number of thioether (sulfide) groups is 1. The number of amides is 2. The Hall–Kier alpha value is -1.32. The molecule has 24 heavy (non-hydrogen) atoms. The molecule has 140 valence electrons. The number of likely N-dealkylation sites (N-methyl/N-ethyl adjacent to an activating group) is 1. The Balaban J connectivity index is 3.95. The standard InChI is InChI=1S/C15H30N4O4S/c1-18(2)8-5-13(20)17-12(15(22)23)6-10-24-11-14(21)16-7-9-19(3)4/h12H,5-11H2,1-4H3,(H,16,21)(H,17,20)(H,22,23)/t12-/m0/s1/i11+1. The Bertz CT molecular complexity index is 405. The number of nitrogens with one attached hydrogen (secondary N) is 2. The SMILES string of the molecule is CN(C)CCNC(=O)[13CH2]SCC[C@H](NC(=O)CCN(C)C)C(=O)O. The molecular formula is C15H30N4O4S. The lowest BCUT2D eigenvalue weighted by Crippen LogP contribution is -2.42. The Morgan fingerprint density at radius 2 is 1.67 bits per heavy atom. The summed E-state index contributed by atoms with van der Waals surface area (Å²) in [5.41, 5.74) is 0. The molecule has 0 fully saturated rings. The second kappa shape index (κ2) is 13.0. The molecule has 0 heterocycles. The molecule has 0 bridgehead atoms. The molecule has 9 heteroatoms. The van der Waals surface area contributed by atoms with Gasteiger partial charge in [-0.15, -0.1) is 0 Å². The topological polar surface area (TPSA) is 102 Å². The summed E-state index contributed by atoms with van der Waals surface area (Å²) in [5.74, 6) is -0.615. The molecule has 1 atom stereocenters. The Kier molecular flexibility index (Phi) is 12.3. The van der Waals surface area contributed by atoms with Gasteiger partial charge < -0.3 is 25.5 Å². The highest BCUT2D eigenvalue weighted by Gasteiger charge is 2.19. The summed E-state index contributed by atoms with van der Waals surface area (Å²) in [6.07, 6.45) is 0.552. The van der Waals surface area contributed by atoms with Crippen LogP contribution >= 0.6 is 11.8 Å². The fourth-order valence-corrected chi connectivity index (χ4v) is 2.52. The number of carbonyl (C=O) groups excluding carboxylic acids is 2. The number of nitrogens with zero attached hydrogens (tertiary/aromatic N) is 2. The van der Waals surface area contributed by atoms with Crippen LogP contribution in [0.25, 0.3) is 0 Å². The summed E-state index contributed by atoms with van der Waals surface area (Å²) >= 11 is 1.36. The van der Waals surface area contributed by atoms with E-state index in [9.17, 15) is 14.4 Å². The van der Waals surface area contributed by atoms with Gasteiger partial charge in [0.15, 0.2) is 0 Å². The van der Waals surface area contributed by atoms with Crippen LogP contribution in [0, 0.1) is 0 Å². The van der Waals surface area contributed by atoms with Crippen molar-refractivity contribution in [2.45, 2.75) is 18.9 Å². The van der Waals surface area contributed by atoms with Gasteiger partial charge in [-0.1, -0.05) is 0 Å². The number of carboxylic acids is 1. The van der Waals surface area contributed by atoms with Crippen LogP contribution in [0.1, 0.15) is 12.8 Å². The molecule has 0 rings (SSSR count). The third-order valence-corrected chi connectivity index (χ3v) is 4.08. The minimum atomic E-state index is -1.05.